The molecule has 0 atom stereocenters. The number of aromatic nitrogens is 1. The first-order valence-corrected chi connectivity index (χ1v) is 5.15. The normalized spacial score (nSPS) is 10.2. The van der Waals surface area contributed by atoms with E-state index in [2.05, 4.69) is 6.07 Å². The number of rotatable bonds is 3. The molecule has 0 aliphatic rings. The Balaban J connectivity index is 2.58. The molecule has 0 fully saturated rings. The van der Waals surface area contributed by atoms with E-state index < -0.39 is 0 Å². The molecule has 1 aromatic heterocycles. The van der Waals surface area contributed by atoms with Gasteiger partial charge in [-0.25, -0.2) is 0 Å². The van der Waals surface area contributed by atoms with Crippen LogP contribution >= 0.6 is 0 Å². The molecule has 1 aromatic carbocycles. The number of fused-ring (bicyclic) bond motifs is 1. The minimum absolute atomic E-state index is 0.115. The molecule has 0 amide bonds. The molecule has 3 heteroatoms. The van der Waals surface area contributed by atoms with Gasteiger partial charge in [0.15, 0.2) is 0 Å². The molecule has 0 saturated carbocycles. The lowest BCUT2D eigenvalue weighted by molar-refractivity contribution is -0.117. The fraction of sp³-hybridized carbons (Fsp3) is 0.231. The van der Waals surface area contributed by atoms with Crippen molar-refractivity contribution in [3.8, 4) is 6.07 Å². The third-order valence-electron chi connectivity index (χ3n) is 2.53. The van der Waals surface area contributed by atoms with Crippen LogP contribution in [-0.4, -0.2) is 10.4 Å². The molecule has 2 rings (SSSR count). The Labute approximate surface area is 93.9 Å². The monoisotopic (exact) mass is 212 g/mol. The van der Waals surface area contributed by atoms with Crippen LogP contribution in [0.25, 0.3) is 10.9 Å². The van der Waals surface area contributed by atoms with Gasteiger partial charge in [0.25, 0.3) is 0 Å². The number of hydrogen-bond acceptors (Lipinski definition) is 2. The molecule has 1 heterocycles. The van der Waals surface area contributed by atoms with Crippen molar-refractivity contribution in [1.82, 2.24) is 4.57 Å². The summed E-state index contributed by atoms with van der Waals surface area (Å²) >= 11 is 0. The zero-order valence-corrected chi connectivity index (χ0v) is 9.10. The molecule has 2 aromatic rings. The summed E-state index contributed by atoms with van der Waals surface area (Å²) < 4.78 is 1.91. The summed E-state index contributed by atoms with van der Waals surface area (Å²) in [6.07, 6.45) is 2.28. The average Bonchev–Trinajstić information content (AvgIpc) is 2.58. The van der Waals surface area contributed by atoms with Gasteiger partial charge in [-0.15, -0.1) is 0 Å². The first-order valence-electron chi connectivity index (χ1n) is 5.15. The van der Waals surface area contributed by atoms with Gasteiger partial charge in [-0.3, -0.25) is 4.79 Å². The van der Waals surface area contributed by atoms with Crippen molar-refractivity contribution < 1.29 is 4.79 Å². The van der Waals surface area contributed by atoms with Crippen molar-refractivity contribution in [2.75, 3.05) is 0 Å². The van der Waals surface area contributed by atoms with Crippen LogP contribution in [0, 0.1) is 11.3 Å². The van der Waals surface area contributed by atoms with Crippen molar-refractivity contribution >= 4 is 16.7 Å². The Hall–Kier alpha value is -2.08. The van der Waals surface area contributed by atoms with Crippen LogP contribution in [0.15, 0.2) is 30.5 Å². The minimum atomic E-state index is 0.115. The predicted octanol–water partition coefficient (Wildman–Crippen LogP) is 2.30. The second-order valence-corrected chi connectivity index (χ2v) is 3.84. The van der Waals surface area contributed by atoms with Crippen molar-refractivity contribution in [2.45, 2.75) is 19.9 Å². The van der Waals surface area contributed by atoms with Crippen molar-refractivity contribution in [3.05, 3.63) is 36.0 Å². The van der Waals surface area contributed by atoms with Crippen molar-refractivity contribution in [1.29, 1.82) is 5.26 Å². The highest BCUT2D eigenvalue weighted by Crippen LogP contribution is 2.21. The van der Waals surface area contributed by atoms with Crippen molar-refractivity contribution in [2.24, 2.45) is 0 Å². The summed E-state index contributed by atoms with van der Waals surface area (Å²) in [5, 5.41) is 9.80. The number of benzene rings is 1. The quantitative estimate of drug-likeness (QED) is 0.783. The van der Waals surface area contributed by atoms with Gasteiger partial charge in [-0.05, 0) is 18.6 Å². The van der Waals surface area contributed by atoms with Gasteiger partial charge in [0.2, 0.25) is 0 Å². The van der Waals surface area contributed by atoms with Gasteiger partial charge in [0, 0.05) is 17.1 Å². The highest BCUT2D eigenvalue weighted by Gasteiger charge is 2.08. The minimum Gasteiger partial charge on any atom is -0.340 e. The number of nitrogens with zero attached hydrogens (tertiary/aromatic N) is 2. The lowest BCUT2D eigenvalue weighted by Crippen LogP contribution is -2.04. The van der Waals surface area contributed by atoms with E-state index in [0.29, 0.717) is 13.0 Å². The molecule has 0 spiro atoms. The zero-order valence-electron chi connectivity index (χ0n) is 9.10. The molecule has 0 saturated heterocycles. The number of hydrogen-bond donors (Lipinski definition) is 0. The van der Waals surface area contributed by atoms with Gasteiger partial charge < -0.3 is 4.57 Å². The van der Waals surface area contributed by atoms with E-state index in [4.69, 9.17) is 5.26 Å². The number of Topliss-reactive ketones (excluding diaryl/α,β-unsaturated/α-hetero) is 1. The molecule has 0 radical (unpaired) electrons. The van der Waals surface area contributed by atoms with E-state index in [1.807, 2.05) is 35.0 Å². The summed E-state index contributed by atoms with van der Waals surface area (Å²) in [5.74, 6) is 0.115. The molecule has 0 unspecified atom stereocenters. The van der Waals surface area contributed by atoms with Crippen LogP contribution < -0.4 is 0 Å². The summed E-state index contributed by atoms with van der Waals surface area (Å²) in [5.41, 5.74) is 2.00. The van der Waals surface area contributed by atoms with Crippen LogP contribution in [0.1, 0.15) is 12.5 Å². The summed E-state index contributed by atoms with van der Waals surface area (Å²) in [6, 6.07) is 9.99. The number of ketones is 1. The summed E-state index contributed by atoms with van der Waals surface area (Å²) in [7, 11) is 0. The second-order valence-electron chi connectivity index (χ2n) is 3.84. The highest BCUT2D eigenvalue weighted by molar-refractivity contribution is 5.86. The third-order valence-corrected chi connectivity index (χ3v) is 2.53. The van der Waals surface area contributed by atoms with E-state index >= 15 is 0 Å². The summed E-state index contributed by atoms with van der Waals surface area (Å²) in [4.78, 5) is 11.1. The lowest BCUT2D eigenvalue weighted by Gasteiger charge is -2.00. The number of carbonyl (C=O) groups excluding carboxylic acids is 1. The molecule has 0 N–H and O–H groups in total. The maximum Gasteiger partial charge on any atom is 0.149 e. The Morgan fingerprint density at radius 3 is 2.88 bits per heavy atom. The Morgan fingerprint density at radius 1 is 1.44 bits per heavy atom. The predicted molar refractivity (Wildman–Crippen MR) is 61.9 cm³/mol. The van der Waals surface area contributed by atoms with Gasteiger partial charge >= 0.3 is 0 Å². The van der Waals surface area contributed by atoms with E-state index in [0.717, 1.165) is 16.5 Å². The average molecular weight is 212 g/mol. The zero-order chi connectivity index (χ0) is 11.5. The molecule has 0 aliphatic carbocycles. The van der Waals surface area contributed by atoms with Crippen LogP contribution in [0.3, 0.4) is 0 Å². The maximum atomic E-state index is 11.1. The van der Waals surface area contributed by atoms with E-state index in [1.165, 1.54) is 0 Å². The van der Waals surface area contributed by atoms with E-state index in [-0.39, 0.29) is 5.78 Å². The van der Waals surface area contributed by atoms with E-state index in [1.54, 1.807) is 6.92 Å². The Bertz CT molecular complexity index is 575. The molecule has 16 heavy (non-hydrogen) atoms. The lowest BCUT2D eigenvalue weighted by atomic mass is 10.1. The third kappa shape index (κ3) is 1.82. The number of nitriles is 1. The molecule has 3 nitrogen and oxygen atoms in total. The molecular weight excluding hydrogens is 200 g/mol. The van der Waals surface area contributed by atoms with Crippen LogP contribution in [-0.2, 0) is 17.8 Å². The largest absolute Gasteiger partial charge is 0.340 e. The highest BCUT2D eigenvalue weighted by atomic mass is 16.1. The van der Waals surface area contributed by atoms with Gasteiger partial charge in [-0.1, -0.05) is 18.2 Å². The second kappa shape index (κ2) is 4.19. The molecule has 0 bridgehead atoms. The first-order chi connectivity index (χ1) is 7.72. The van der Waals surface area contributed by atoms with Crippen LogP contribution in [0.4, 0.5) is 0 Å². The number of carbonyl (C=O) groups is 1. The fourth-order valence-corrected chi connectivity index (χ4v) is 1.92. The topological polar surface area (TPSA) is 45.8 Å². The van der Waals surface area contributed by atoms with Gasteiger partial charge in [-0.2, -0.15) is 5.26 Å². The molecular formula is C13H12N2O. The van der Waals surface area contributed by atoms with Crippen LogP contribution in [0.2, 0.25) is 0 Å². The Morgan fingerprint density at radius 2 is 2.19 bits per heavy atom. The molecule has 80 valence electrons. The van der Waals surface area contributed by atoms with Crippen molar-refractivity contribution in [3.63, 3.8) is 0 Å². The fourth-order valence-electron chi connectivity index (χ4n) is 1.92. The maximum absolute atomic E-state index is 11.1. The standard InChI is InChI=1S/C13H12N2O/c1-10(16)8-15-9-11(6-7-14)12-4-2-3-5-13(12)15/h2-5,9H,6,8H2,1H3. The molecule has 0 aliphatic heterocycles. The van der Waals surface area contributed by atoms with E-state index in [9.17, 15) is 4.79 Å². The van der Waals surface area contributed by atoms with Crippen LogP contribution in [0.5, 0.6) is 0 Å². The summed E-state index contributed by atoms with van der Waals surface area (Å²) in [6.45, 7) is 1.94. The van der Waals surface area contributed by atoms with Gasteiger partial charge in [0.1, 0.15) is 5.78 Å². The first kappa shape index (κ1) is 10.4. The van der Waals surface area contributed by atoms with Gasteiger partial charge in [0.05, 0.1) is 19.0 Å². The Kier molecular flexibility index (Phi) is 2.74. The smallest absolute Gasteiger partial charge is 0.149 e. The SMILES string of the molecule is CC(=O)Cn1cc(CC#N)c2ccccc21. The number of para-hydroxylation sites is 1.